The van der Waals surface area contributed by atoms with Crippen molar-refractivity contribution in [1.29, 1.82) is 0 Å². The molecule has 0 rings (SSSR count). The van der Waals surface area contributed by atoms with Gasteiger partial charge in [-0.15, -0.1) is 0 Å². The number of unbranched alkanes of at least 4 members (excludes halogenated alkanes) is 2. The average Bonchev–Trinajstić information content (AvgIpc) is 2.10. The van der Waals surface area contributed by atoms with Crippen LogP contribution < -0.4 is 51.4 Å². The molecule has 0 amide bonds. The van der Waals surface area contributed by atoms with E-state index in [0.717, 1.165) is 12.8 Å². The first kappa shape index (κ1) is 19.8. The van der Waals surface area contributed by atoms with Gasteiger partial charge in [0, 0.05) is 0 Å². The van der Waals surface area contributed by atoms with Crippen molar-refractivity contribution in [2.45, 2.75) is 63.7 Å². The standard InChI is InChI=1S/C10H22O4S.K/c1-3-5-6-8-10(15(12,13)14)9(11)7-4-2;/h9-11H,3-8H2,1-2H3,(H,12,13,14);/q;+1/p-1. The molecule has 0 aromatic rings. The van der Waals surface area contributed by atoms with Crippen LogP contribution in [0, 0.1) is 0 Å². The minimum atomic E-state index is -4.37. The third-order valence-electron chi connectivity index (χ3n) is 2.48. The van der Waals surface area contributed by atoms with Crippen LogP contribution in [-0.4, -0.2) is 29.4 Å². The molecule has 16 heavy (non-hydrogen) atoms. The smallest absolute Gasteiger partial charge is 0.748 e. The summed E-state index contributed by atoms with van der Waals surface area (Å²) in [6.45, 7) is 3.85. The number of hydrogen-bond acceptors (Lipinski definition) is 4. The van der Waals surface area contributed by atoms with Crippen LogP contribution in [0.25, 0.3) is 0 Å². The zero-order valence-corrected chi connectivity index (χ0v) is 14.4. The van der Waals surface area contributed by atoms with Gasteiger partial charge < -0.3 is 9.66 Å². The fourth-order valence-electron chi connectivity index (χ4n) is 1.61. The monoisotopic (exact) mass is 276 g/mol. The van der Waals surface area contributed by atoms with Gasteiger partial charge in [0.15, 0.2) is 0 Å². The van der Waals surface area contributed by atoms with Crippen LogP contribution in [0.4, 0.5) is 0 Å². The maximum Gasteiger partial charge on any atom is 1.00 e. The van der Waals surface area contributed by atoms with Crippen LogP contribution >= 0.6 is 0 Å². The number of aliphatic hydroxyl groups excluding tert-OH is 1. The van der Waals surface area contributed by atoms with Gasteiger partial charge in [-0.05, 0) is 12.8 Å². The second-order valence-electron chi connectivity index (χ2n) is 3.88. The molecule has 0 aliphatic heterocycles. The molecule has 0 saturated heterocycles. The third-order valence-corrected chi connectivity index (χ3v) is 3.77. The molecule has 0 aliphatic carbocycles. The molecule has 4 nitrogen and oxygen atoms in total. The SMILES string of the molecule is CCCCCC(C(O)CCC)S(=O)(=O)[O-].[K+]. The van der Waals surface area contributed by atoms with E-state index in [1.165, 1.54) is 0 Å². The Morgan fingerprint density at radius 3 is 2.06 bits per heavy atom. The van der Waals surface area contributed by atoms with Crippen molar-refractivity contribution in [1.82, 2.24) is 0 Å². The van der Waals surface area contributed by atoms with E-state index in [1.807, 2.05) is 13.8 Å². The van der Waals surface area contributed by atoms with Gasteiger partial charge in [-0.3, -0.25) is 0 Å². The summed E-state index contributed by atoms with van der Waals surface area (Å²) >= 11 is 0. The Bertz CT molecular complexity index is 254. The van der Waals surface area contributed by atoms with Crippen LogP contribution in [0.2, 0.25) is 0 Å². The minimum absolute atomic E-state index is 0. The van der Waals surface area contributed by atoms with Crippen molar-refractivity contribution < 1.29 is 69.5 Å². The molecule has 0 fully saturated rings. The van der Waals surface area contributed by atoms with E-state index >= 15 is 0 Å². The van der Waals surface area contributed by atoms with Crippen molar-refractivity contribution in [3.8, 4) is 0 Å². The first-order chi connectivity index (χ1) is 6.93. The Morgan fingerprint density at radius 1 is 1.12 bits per heavy atom. The van der Waals surface area contributed by atoms with Gasteiger partial charge in [0.1, 0.15) is 10.1 Å². The molecule has 2 atom stereocenters. The average molecular weight is 276 g/mol. The summed E-state index contributed by atoms with van der Waals surface area (Å²) < 4.78 is 32.8. The minimum Gasteiger partial charge on any atom is -0.748 e. The molecule has 0 aliphatic rings. The van der Waals surface area contributed by atoms with Gasteiger partial charge in [-0.2, -0.15) is 0 Å². The van der Waals surface area contributed by atoms with Crippen LogP contribution in [0.15, 0.2) is 0 Å². The molecule has 6 heteroatoms. The molecular formula is C10H21KO4S. The molecular weight excluding hydrogens is 255 g/mol. The Kier molecular flexibility index (Phi) is 12.9. The molecule has 0 heterocycles. The predicted molar refractivity (Wildman–Crippen MR) is 58.5 cm³/mol. The Hall–Kier alpha value is 1.51. The molecule has 1 N–H and O–H groups in total. The van der Waals surface area contributed by atoms with E-state index in [-0.39, 0.29) is 57.8 Å². The predicted octanol–water partition coefficient (Wildman–Crippen LogP) is -1.35. The molecule has 0 saturated carbocycles. The first-order valence-corrected chi connectivity index (χ1v) is 7.03. The molecule has 0 aromatic heterocycles. The van der Waals surface area contributed by atoms with E-state index in [1.54, 1.807) is 0 Å². The normalized spacial score (nSPS) is 15.2. The van der Waals surface area contributed by atoms with Gasteiger partial charge in [0.05, 0.1) is 11.4 Å². The van der Waals surface area contributed by atoms with E-state index in [4.69, 9.17) is 0 Å². The Balaban J connectivity index is 0. The first-order valence-electron chi connectivity index (χ1n) is 5.56. The molecule has 92 valence electrons. The topological polar surface area (TPSA) is 77.4 Å². The summed E-state index contributed by atoms with van der Waals surface area (Å²) in [6, 6.07) is 0. The quantitative estimate of drug-likeness (QED) is 0.338. The number of rotatable bonds is 8. The zero-order chi connectivity index (χ0) is 11.9. The number of aliphatic hydroxyl groups is 1. The van der Waals surface area contributed by atoms with Gasteiger partial charge in [0.25, 0.3) is 0 Å². The number of hydrogen-bond donors (Lipinski definition) is 1. The second kappa shape index (κ2) is 10.4. The van der Waals surface area contributed by atoms with Crippen LogP contribution in [0.5, 0.6) is 0 Å². The van der Waals surface area contributed by atoms with E-state index in [0.29, 0.717) is 19.3 Å². The van der Waals surface area contributed by atoms with Crippen LogP contribution in [0.1, 0.15) is 52.4 Å². The second-order valence-corrected chi connectivity index (χ2v) is 5.47. The summed E-state index contributed by atoms with van der Waals surface area (Å²) in [5.74, 6) is 0. The summed E-state index contributed by atoms with van der Waals surface area (Å²) in [6.07, 6.45) is 2.87. The molecule has 0 spiro atoms. The zero-order valence-electron chi connectivity index (χ0n) is 10.5. The van der Waals surface area contributed by atoms with Crippen molar-refractivity contribution in [3.05, 3.63) is 0 Å². The molecule has 0 radical (unpaired) electrons. The van der Waals surface area contributed by atoms with Crippen molar-refractivity contribution >= 4 is 10.1 Å². The van der Waals surface area contributed by atoms with Gasteiger partial charge in [-0.25, -0.2) is 8.42 Å². The van der Waals surface area contributed by atoms with Crippen LogP contribution in [-0.2, 0) is 10.1 Å². The van der Waals surface area contributed by atoms with Crippen molar-refractivity contribution in [2.75, 3.05) is 0 Å². The summed E-state index contributed by atoms with van der Waals surface area (Å²) in [4.78, 5) is 0. The van der Waals surface area contributed by atoms with Crippen molar-refractivity contribution in [2.24, 2.45) is 0 Å². The summed E-state index contributed by atoms with van der Waals surface area (Å²) in [5, 5.41) is 8.44. The largest absolute Gasteiger partial charge is 1.00 e. The molecule has 0 bridgehead atoms. The van der Waals surface area contributed by atoms with Gasteiger partial charge in [-0.1, -0.05) is 39.5 Å². The van der Waals surface area contributed by atoms with E-state index in [9.17, 15) is 18.1 Å². The Morgan fingerprint density at radius 2 is 1.69 bits per heavy atom. The maximum absolute atomic E-state index is 10.9. The third kappa shape index (κ3) is 8.58. The molecule has 0 aromatic carbocycles. The van der Waals surface area contributed by atoms with Crippen LogP contribution in [0.3, 0.4) is 0 Å². The Labute approximate surface area is 141 Å². The fraction of sp³-hybridized carbons (Fsp3) is 1.00. The molecule has 2 unspecified atom stereocenters. The summed E-state index contributed by atoms with van der Waals surface area (Å²) in [7, 11) is -4.37. The van der Waals surface area contributed by atoms with Crippen molar-refractivity contribution in [3.63, 3.8) is 0 Å². The van der Waals surface area contributed by atoms with E-state index < -0.39 is 21.5 Å². The maximum atomic E-state index is 10.9. The van der Waals surface area contributed by atoms with Gasteiger partial charge >= 0.3 is 51.4 Å². The summed E-state index contributed by atoms with van der Waals surface area (Å²) in [5.41, 5.74) is 0. The van der Waals surface area contributed by atoms with E-state index in [2.05, 4.69) is 0 Å². The van der Waals surface area contributed by atoms with Gasteiger partial charge in [0.2, 0.25) is 0 Å². The fourth-order valence-corrected chi connectivity index (χ4v) is 2.58.